The van der Waals surface area contributed by atoms with Crippen molar-refractivity contribution in [2.45, 2.75) is 47.5 Å². The van der Waals surface area contributed by atoms with E-state index >= 15 is 0 Å². The fourth-order valence-electron chi connectivity index (χ4n) is 5.70. The number of rotatable bonds is 11. The van der Waals surface area contributed by atoms with Crippen molar-refractivity contribution in [1.29, 1.82) is 0 Å². The Labute approximate surface area is 236 Å². The summed E-state index contributed by atoms with van der Waals surface area (Å²) in [6.45, 7) is 17.5. The molecule has 0 atom stereocenters. The Morgan fingerprint density at radius 1 is 0.564 bits per heavy atom. The van der Waals surface area contributed by atoms with Gasteiger partial charge in [-0.1, -0.05) is 78.9 Å². The molecule has 0 fully saturated rings. The van der Waals surface area contributed by atoms with Crippen molar-refractivity contribution in [2.75, 3.05) is 36.0 Å². The van der Waals surface area contributed by atoms with E-state index in [2.05, 4.69) is 154 Å². The van der Waals surface area contributed by atoms with Gasteiger partial charge >= 0.3 is 0 Å². The lowest BCUT2D eigenvalue weighted by molar-refractivity contribution is 0.861. The highest BCUT2D eigenvalue weighted by Crippen LogP contribution is 2.37. The van der Waals surface area contributed by atoms with Crippen molar-refractivity contribution in [1.82, 2.24) is 0 Å². The molecular weight excluding hydrogens is 472 g/mol. The molecule has 202 valence electrons. The van der Waals surface area contributed by atoms with Crippen LogP contribution in [0.15, 0.2) is 103 Å². The minimum absolute atomic E-state index is 0.122. The Bertz CT molecular complexity index is 1260. The van der Waals surface area contributed by atoms with Gasteiger partial charge < -0.3 is 9.80 Å². The van der Waals surface area contributed by atoms with E-state index in [0.29, 0.717) is 0 Å². The fraction of sp³-hybridized carbons (Fsp3) is 0.297. The zero-order valence-electron chi connectivity index (χ0n) is 24.6. The molecule has 39 heavy (non-hydrogen) atoms. The number of allylic oxidation sites excluding steroid dienone is 1. The minimum atomic E-state index is 0.122. The van der Waals surface area contributed by atoms with Gasteiger partial charge in [0.05, 0.1) is 0 Å². The molecule has 0 spiro atoms. The third kappa shape index (κ3) is 6.45. The summed E-state index contributed by atoms with van der Waals surface area (Å²) >= 11 is 0. The maximum absolute atomic E-state index is 2.49. The van der Waals surface area contributed by atoms with Gasteiger partial charge in [-0.25, -0.2) is 0 Å². The van der Waals surface area contributed by atoms with E-state index in [-0.39, 0.29) is 5.92 Å². The van der Waals surface area contributed by atoms with Gasteiger partial charge in [0.1, 0.15) is 0 Å². The molecule has 0 bridgehead atoms. The molecule has 0 aliphatic heterocycles. The third-order valence-corrected chi connectivity index (χ3v) is 7.94. The van der Waals surface area contributed by atoms with E-state index in [1.807, 2.05) is 0 Å². The molecule has 0 radical (unpaired) electrons. The molecule has 2 nitrogen and oxygen atoms in total. The summed E-state index contributed by atoms with van der Waals surface area (Å²) in [5.74, 6) is 0.122. The Kier molecular flexibility index (Phi) is 9.65. The summed E-state index contributed by atoms with van der Waals surface area (Å²) < 4.78 is 0. The highest BCUT2D eigenvalue weighted by molar-refractivity contribution is 5.81. The number of nitrogens with zero attached hydrogens (tertiary/aromatic N) is 2. The van der Waals surface area contributed by atoms with Crippen molar-refractivity contribution < 1.29 is 0 Å². The smallest absolute Gasteiger partial charge is 0.0368 e. The Morgan fingerprint density at radius 3 is 1.28 bits per heavy atom. The first-order chi connectivity index (χ1) is 19.0. The molecule has 0 amide bonds. The predicted molar refractivity (Wildman–Crippen MR) is 171 cm³/mol. The van der Waals surface area contributed by atoms with Gasteiger partial charge in [0.15, 0.2) is 0 Å². The second kappa shape index (κ2) is 13.3. The average molecular weight is 517 g/mol. The van der Waals surface area contributed by atoms with Gasteiger partial charge in [-0.2, -0.15) is 0 Å². The van der Waals surface area contributed by atoms with Crippen LogP contribution < -0.4 is 9.80 Å². The van der Waals surface area contributed by atoms with E-state index < -0.39 is 0 Å². The van der Waals surface area contributed by atoms with Gasteiger partial charge in [-0.05, 0) is 105 Å². The molecule has 0 aromatic heterocycles. The summed E-state index contributed by atoms with van der Waals surface area (Å²) in [6.07, 6.45) is 2.49. The molecule has 0 aliphatic rings. The van der Waals surface area contributed by atoms with Crippen LogP contribution in [0.1, 0.15) is 67.0 Å². The largest absolute Gasteiger partial charge is 0.372 e. The van der Waals surface area contributed by atoms with Crippen molar-refractivity contribution in [2.24, 2.45) is 0 Å². The topological polar surface area (TPSA) is 6.48 Å². The molecule has 0 N–H and O–H groups in total. The second-order valence-corrected chi connectivity index (χ2v) is 10.2. The summed E-state index contributed by atoms with van der Waals surface area (Å²) in [7, 11) is 0. The summed E-state index contributed by atoms with van der Waals surface area (Å²) in [6, 6.07) is 35.7. The van der Waals surface area contributed by atoms with Gasteiger partial charge in [-0.15, -0.1) is 0 Å². The number of hydrogen-bond donors (Lipinski definition) is 0. The minimum Gasteiger partial charge on any atom is -0.372 e. The normalized spacial score (nSPS) is 10.9. The standard InChI is InChI=1S/C37H44N2/c1-7-38(8-2)32-21-23-34(28(5)25-32)37(35-24-22-33(26-29(35)6)39(9-3)10-4)27-36(30-17-13-11-14-18-30)31-19-15-12-16-20-31/h11-27,37H,7-10H2,1-6H3. The van der Waals surface area contributed by atoms with Crippen LogP contribution in [0.4, 0.5) is 11.4 Å². The molecule has 0 unspecified atom stereocenters. The number of benzene rings is 4. The lowest BCUT2D eigenvalue weighted by atomic mass is 9.82. The van der Waals surface area contributed by atoms with Crippen LogP contribution in [0.5, 0.6) is 0 Å². The lowest BCUT2D eigenvalue weighted by Crippen LogP contribution is -2.22. The van der Waals surface area contributed by atoms with Crippen LogP contribution in [-0.4, -0.2) is 26.2 Å². The monoisotopic (exact) mass is 516 g/mol. The molecule has 4 aromatic rings. The van der Waals surface area contributed by atoms with Crippen LogP contribution in [0.3, 0.4) is 0 Å². The van der Waals surface area contributed by atoms with Crippen LogP contribution >= 0.6 is 0 Å². The van der Waals surface area contributed by atoms with Crippen LogP contribution in [0.2, 0.25) is 0 Å². The third-order valence-electron chi connectivity index (χ3n) is 7.94. The summed E-state index contributed by atoms with van der Waals surface area (Å²) in [5.41, 5.74) is 11.7. The molecule has 0 heterocycles. The molecule has 0 saturated carbocycles. The first kappa shape index (κ1) is 28.2. The maximum atomic E-state index is 2.49. The highest BCUT2D eigenvalue weighted by Gasteiger charge is 2.20. The molecule has 4 rings (SSSR count). The second-order valence-electron chi connectivity index (χ2n) is 10.2. The summed E-state index contributed by atoms with van der Waals surface area (Å²) in [5, 5.41) is 0. The Balaban J connectivity index is 1.93. The van der Waals surface area contributed by atoms with Gasteiger partial charge in [-0.3, -0.25) is 0 Å². The van der Waals surface area contributed by atoms with Crippen molar-refractivity contribution in [3.8, 4) is 0 Å². The number of aryl methyl sites for hydroxylation is 2. The van der Waals surface area contributed by atoms with Gasteiger partial charge in [0.2, 0.25) is 0 Å². The van der Waals surface area contributed by atoms with Crippen molar-refractivity contribution in [3.63, 3.8) is 0 Å². The zero-order valence-corrected chi connectivity index (χ0v) is 24.6. The summed E-state index contributed by atoms with van der Waals surface area (Å²) in [4.78, 5) is 4.84. The van der Waals surface area contributed by atoms with E-state index in [0.717, 1.165) is 26.2 Å². The first-order valence-corrected chi connectivity index (χ1v) is 14.5. The highest BCUT2D eigenvalue weighted by atomic mass is 15.1. The van der Waals surface area contributed by atoms with Crippen molar-refractivity contribution in [3.05, 3.63) is 137 Å². The SMILES string of the molecule is CCN(CC)c1ccc(C(C=C(c2ccccc2)c2ccccc2)c2ccc(N(CC)CC)cc2C)c(C)c1. The lowest BCUT2D eigenvalue weighted by Gasteiger charge is -2.26. The van der Waals surface area contributed by atoms with Gasteiger partial charge in [0, 0.05) is 43.5 Å². The van der Waals surface area contributed by atoms with Crippen LogP contribution in [-0.2, 0) is 0 Å². The Hall–Kier alpha value is -3.78. The van der Waals surface area contributed by atoms with Crippen molar-refractivity contribution >= 4 is 16.9 Å². The first-order valence-electron chi connectivity index (χ1n) is 14.5. The molecule has 4 aromatic carbocycles. The number of anilines is 2. The van der Waals surface area contributed by atoms with E-state index in [4.69, 9.17) is 0 Å². The predicted octanol–water partition coefficient (Wildman–Crippen LogP) is 9.26. The molecular formula is C37H44N2. The van der Waals surface area contributed by atoms with Crippen LogP contribution in [0.25, 0.3) is 5.57 Å². The maximum Gasteiger partial charge on any atom is 0.0368 e. The Morgan fingerprint density at radius 2 is 0.949 bits per heavy atom. The molecule has 0 aliphatic carbocycles. The van der Waals surface area contributed by atoms with Gasteiger partial charge in [0.25, 0.3) is 0 Å². The fourth-order valence-corrected chi connectivity index (χ4v) is 5.70. The average Bonchev–Trinajstić information content (AvgIpc) is 2.97. The van der Waals surface area contributed by atoms with E-state index in [1.165, 1.54) is 50.3 Å². The van der Waals surface area contributed by atoms with E-state index in [1.54, 1.807) is 0 Å². The quantitative estimate of drug-likeness (QED) is 0.196. The molecule has 0 saturated heterocycles. The van der Waals surface area contributed by atoms with Crippen LogP contribution in [0, 0.1) is 13.8 Å². The zero-order chi connectivity index (χ0) is 27.8. The molecule has 2 heteroatoms. The van der Waals surface area contributed by atoms with E-state index in [9.17, 15) is 0 Å². The number of hydrogen-bond acceptors (Lipinski definition) is 2.